The van der Waals surface area contributed by atoms with Gasteiger partial charge in [0.25, 0.3) is 17.7 Å². The fourth-order valence-corrected chi connectivity index (χ4v) is 3.86. The number of amides is 3. The van der Waals surface area contributed by atoms with Gasteiger partial charge in [-0.25, -0.2) is 4.90 Å². The molecule has 0 spiro atoms. The zero-order valence-corrected chi connectivity index (χ0v) is 20.3. The number of hydrogen-bond acceptors (Lipinski definition) is 4. The largest absolute Gasteiger partial charge is 0.349 e. The van der Waals surface area contributed by atoms with Crippen LogP contribution in [0.4, 0.5) is 17.1 Å². The highest BCUT2D eigenvalue weighted by molar-refractivity contribution is 6.53. The lowest BCUT2D eigenvalue weighted by Crippen LogP contribution is -2.32. The van der Waals surface area contributed by atoms with Crippen molar-refractivity contribution in [1.29, 1.82) is 0 Å². The molecule has 1 aliphatic heterocycles. The summed E-state index contributed by atoms with van der Waals surface area (Å²) in [6.07, 6.45) is 0. The number of halogens is 3. The molecular weight excluding hydrogens is 497 g/mol. The van der Waals surface area contributed by atoms with Crippen molar-refractivity contribution in [3.05, 3.63) is 98.1 Å². The summed E-state index contributed by atoms with van der Waals surface area (Å²) in [7, 11) is 0. The molecule has 0 atom stereocenters. The molecule has 3 amide bonds. The molecule has 3 aromatic rings. The average Bonchev–Trinajstić information content (AvgIpc) is 3.01. The van der Waals surface area contributed by atoms with E-state index in [2.05, 4.69) is 10.6 Å². The van der Waals surface area contributed by atoms with Gasteiger partial charge in [-0.05, 0) is 73.5 Å². The summed E-state index contributed by atoms with van der Waals surface area (Å²) >= 11 is 18.3. The highest BCUT2D eigenvalue weighted by Crippen LogP contribution is 2.32. The minimum Gasteiger partial charge on any atom is -0.349 e. The van der Waals surface area contributed by atoms with Crippen LogP contribution in [0.3, 0.4) is 0 Å². The molecule has 0 aliphatic carbocycles. The molecule has 4 rings (SSSR count). The van der Waals surface area contributed by atoms with Crippen LogP contribution in [0.1, 0.15) is 21.5 Å². The summed E-state index contributed by atoms with van der Waals surface area (Å²) in [6, 6.07) is 16.5. The first-order chi connectivity index (χ1) is 16.2. The Hall–Kier alpha value is -3.32. The van der Waals surface area contributed by atoms with Gasteiger partial charge < -0.3 is 10.6 Å². The number of nitrogens with zero attached hydrogens (tertiary/aromatic N) is 1. The monoisotopic (exact) mass is 513 g/mol. The molecule has 1 heterocycles. The van der Waals surface area contributed by atoms with Gasteiger partial charge in [0.1, 0.15) is 10.7 Å². The lowest BCUT2D eigenvalue weighted by Gasteiger charge is -2.16. The second-order valence-corrected chi connectivity index (χ2v) is 8.91. The summed E-state index contributed by atoms with van der Waals surface area (Å²) in [5, 5.41) is 6.50. The molecule has 172 valence electrons. The predicted octanol–water partition coefficient (Wildman–Crippen LogP) is 6.30. The number of imide groups is 1. The maximum absolute atomic E-state index is 13.0. The Bertz CT molecular complexity index is 1370. The van der Waals surface area contributed by atoms with Crippen molar-refractivity contribution in [2.45, 2.75) is 13.8 Å². The van der Waals surface area contributed by atoms with Gasteiger partial charge in [0, 0.05) is 27.0 Å². The number of carbonyl (C=O) groups excluding carboxylic acids is 3. The van der Waals surface area contributed by atoms with Crippen molar-refractivity contribution in [3.8, 4) is 0 Å². The average molecular weight is 515 g/mol. The zero-order chi connectivity index (χ0) is 24.6. The van der Waals surface area contributed by atoms with Gasteiger partial charge >= 0.3 is 0 Å². The van der Waals surface area contributed by atoms with E-state index in [1.54, 1.807) is 61.5 Å². The van der Waals surface area contributed by atoms with Crippen molar-refractivity contribution in [1.82, 2.24) is 0 Å². The van der Waals surface area contributed by atoms with Gasteiger partial charge in [0.2, 0.25) is 0 Å². The van der Waals surface area contributed by atoms with Gasteiger partial charge in [-0.1, -0.05) is 46.9 Å². The van der Waals surface area contributed by atoms with Crippen molar-refractivity contribution in [3.63, 3.8) is 0 Å². The number of rotatable bonds is 5. The minimum atomic E-state index is -0.653. The first kappa shape index (κ1) is 23.8. The Morgan fingerprint density at radius 1 is 0.824 bits per heavy atom. The van der Waals surface area contributed by atoms with Crippen LogP contribution in [-0.2, 0) is 9.59 Å². The lowest BCUT2D eigenvalue weighted by molar-refractivity contribution is -0.120. The number of hydrogen-bond donors (Lipinski definition) is 2. The highest BCUT2D eigenvalue weighted by Gasteiger charge is 2.39. The second kappa shape index (κ2) is 9.50. The van der Waals surface area contributed by atoms with Crippen molar-refractivity contribution in [2.24, 2.45) is 0 Å². The van der Waals surface area contributed by atoms with Crippen LogP contribution >= 0.6 is 34.8 Å². The van der Waals surface area contributed by atoms with Gasteiger partial charge in [-0.15, -0.1) is 0 Å². The number of aryl methyl sites for hydroxylation is 2. The molecule has 34 heavy (non-hydrogen) atoms. The topological polar surface area (TPSA) is 78.5 Å². The number of nitrogens with one attached hydrogen (secondary N) is 2. The van der Waals surface area contributed by atoms with E-state index < -0.39 is 11.8 Å². The molecule has 0 radical (unpaired) electrons. The Morgan fingerprint density at radius 2 is 1.50 bits per heavy atom. The first-order valence-corrected chi connectivity index (χ1v) is 11.3. The van der Waals surface area contributed by atoms with E-state index in [0.717, 1.165) is 16.0 Å². The first-order valence-electron chi connectivity index (χ1n) is 10.1. The second-order valence-electron chi connectivity index (χ2n) is 7.68. The van der Waals surface area contributed by atoms with Crippen LogP contribution in [0.25, 0.3) is 0 Å². The van der Waals surface area contributed by atoms with E-state index in [4.69, 9.17) is 34.8 Å². The maximum Gasteiger partial charge on any atom is 0.283 e. The molecule has 0 saturated carbocycles. The van der Waals surface area contributed by atoms with Crippen LogP contribution in [0, 0.1) is 13.8 Å². The van der Waals surface area contributed by atoms with Gasteiger partial charge in [-0.2, -0.15) is 0 Å². The van der Waals surface area contributed by atoms with Crippen LogP contribution in [0.2, 0.25) is 10.0 Å². The molecule has 2 N–H and O–H groups in total. The summed E-state index contributed by atoms with van der Waals surface area (Å²) in [6.45, 7) is 3.67. The van der Waals surface area contributed by atoms with Crippen LogP contribution in [0.15, 0.2) is 71.4 Å². The molecule has 0 fully saturated rings. The third-order valence-corrected chi connectivity index (χ3v) is 6.31. The Kier molecular flexibility index (Phi) is 6.66. The SMILES string of the molecule is Cc1ccc(NC(=O)c2ccc(C)c(NC3=C(Cl)C(=O)N(c4ccc(Cl)cc4)C3=O)c2)cc1Cl. The Labute approximate surface area is 211 Å². The molecular formula is C25H18Cl3N3O3. The van der Waals surface area contributed by atoms with Crippen LogP contribution in [0.5, 0.6) is 0 Å². The lowest BCUT2D eigenvalue weighted by atomic mass is 10.1. The fraction of sp³-hybridized carbons (Fsp3) is 0.0800. The number of anilines is 3. The fourth-order valence-electron chi connectivity index (χ4n) is 3.34. The van der Waals surface area contributed by atoms with E-state index in [1.807, 2.05) is 13.0 Å². The highest BCUT2D eigenvalue weighted by atomic mass is 35.5. The van der Waals surface area contributed by atoms with Crippen molar-refractivity contribution >= 4 is 69.6 Å². The van der Waals surface area contributed by atoms with Crippen molar-refractivity contribution < 1.29 is 14.4 Å². The van der Waals surface area contributed by atoms with Crippen LogP contribution in [-0.4, -0.2) is 17.7 Å². The number of carbonyl (C=O) groups is 3. The Morgan fingerprint density at radius 3 is 2.18 bits per heavy atom. The summed E-state index contributed by atoms with van der Waals surface area (Å²) < 4.78 is 0. The van der Waals surface area contributed by atoms with Crippen LogP contribution < -0.4 is 15.5 Å². The molecule has 0 bridgehead atoms. The van der Waals surface area contributed by atoms with Gasteiger partial charge in [0.15, 0.2) is 0 Å². The van der Waals surface area contributed by atoms with Crippen molar-refractivity contribution in [2.75, 3.05) is 15.5 Å². The third kappa shape index (κ3) is 4.66. The molecule has 0 unspecified atom stereocenters. The molecule has 0 aromatic heterocycles. The minimum absolute atomic E-state index is 0.0763. The van der Waals surface area contributed by atoms with E-state index in [1.165, 1.54) is 0 Å². The number of benzene rings is 3. The van der Waals surface area contributed by atoms with Gasteiger partial charge in [-0.3, -0.25) is 14.4 Å². The maximum atomic E-state index is 13.0. The van der Waals surface area contributed by atoms with E-state index in [-0.39, 0.29) is 16.6 Å². The normalized spacial score (nSPS) is 13.5. The summed E-state index contributed by atoms with van der Waals surface area (Å²) in [5.74, 6) is -1.63. The molecule has 1 aliphatic rings. The molecule has 9 heteroatoms. The van der Waals surface area contributed by atoms with E-state index in [9.17, 15) is 14.4 Å². The molecule has 6 nitrogen and oxygen atoms in total. The van der Waals surface area contributed by atoms with E-state index >= 15 is 0 Å². The third-order valence-electron chi connectivity index (χ3n) is 5.30. The summed E-state index contributed by atoms with van der Waals surface area (Å²) in [5.41, 5.74) is 3.27. The predicted molar refractivity (Wildman–Crippen MR) is 136 cm³/mol. The summed E-state index contributed by atoms with van der Waals surface area (Å²) in [4.78, 5) is 39.5. The Balaban J connectivity index is 1.58. The van der Waals surface area contributed by atoms with Gasteiger partial charge in [0.05, 0.1) is 5.69 Å². The molecule has 0 saturated heterocycles. The molecule has 3 aromatic carbocycles. The smallest absolute Gasteiger partial charge is 0.283 e. The standard InChI is InChI=1S/C25H18Cl3N3O3/c1-13-4-8-17(12-19(13)27)29-23(32)15-5-3-14(2)20(11-15)30-22-21(28)24(33)31(25(22)34)18-9-6-16(26)7-10-18/h3-12,30H,1-2H3,(H,29,32). The zero-order valence-electron chi connectivity index (χ0n) is 18.1. The van der Waals surface area contributed by atoms with E-state index in [0.29, 0.717) is 32.7 Å². The quantitative estimate of drug-likeness (QED) is 0.392.